The van der Waals surface area contributed by atoms with Gasteiger partial charge in [-0.05, 0) is 11.1 Å². The molecule has 0 fully saturated rings. The minimum Gasteiger partial charge on any atom is -1.00 e. The van der Waals surface area contributed by atoms with E-state index in [2.05, 4.69) is 128 Å². The van der Waals surface area contributed by atoms with Gasteiger partial charge >= 0.3 is 137 Å². The Morgan fingerprint density at radius 2 is 1.04 bits per heavy atom. The van der Waals surface area contributed by atoms with Gasteiger partial charge in [0, 0.05) is 10.8 Å². The molecule has 1 unspecified atom stereocenters. The molecular formula is C48H44Cl2F6Zr-2. The molecule has 0 aliphatic heterocycles. The second-order valence-corrected chi connectivity index (χ2v) is 18.0. The molecule has 0 spiro atoms. The van der Waals surface area contributed by atoms with E-state index in [9.17, 15) is 26.3 Å². The molecule has 0 N–H and O–H groups in total. The van der Waals surface area contributed by atoms with Gasteiger partial charge in [-0.2, -0.15) is 11.6 Å². The Hall–Kier alpha value is -3.38. The van der Waals surface area contributed by atoms with E-state index in [1.807, 2.05) is 0 Å². The summed E-state index contributed by atoms with van der Waals surface area (Å²) < 4.78 is 75.6. The van der Waals surface area contributed by atoms with Gasteiger partial charge in [-0.1, -0.05) is 114 Å². The molecule has 3 aliphatic rings. The van der Waals surface area contributed by atoms with E-state index in [0.717, 1.165) is 48.5 Å². The summed E-state index contributed by atoms with van der Waals surface area (Å²) in [4.78, 5) is 0. The van der Waals surface area contributed by atoms with Crippen LogP contribution < -0.4 is 24.8 Å². The normalized spacial score (nSPS) is 17.1. The summed E-state index contributed by atoms with van der Waals surface area (Å²) in [5.74, 6) is 0.522. The van der Waals surface area contributed by atoms with Gasteiger partial charge < -0.3 is 24.8 Å². The molecule has 0 nitrogen and oxygen atoms in total. The maximum absolute atomic E-state index is 12.5. The molecule has 8 rings (SSSR count). The van der Waals surface area contributed by atoms with Crippen molar-refractivity contribution >= 4 is 36.9 Å². The third-order valence-corrected chi connectivity index (χ3v) is 12.0. The first-order valence-electron chi connectivity index (χ1n) is 18.3. The maximum Gasteiger partial charge on any atom is -1.00 e. The third kappa shape index (κ3) is 10.1. The summed E-state index contributed by atoms with van der Waals surface area (Å²) in [6, 6.07) is 21.1. The largest absolute Gasteiger partial charge is 1.00 e. The molecule has 0 radical (unpaired) electrons. The van der Waals surface area contributed by atoms with Gasteiger partial charge in [0.25, 0.3) is 0 Å². The molecule has 57 heavy (non-hydrogen) atoms. The second-order valence-electron chi connectivity index (χ2n) is 16.8. The summed E-state index contributed by atoms with van der Waals surface area (Å²) in [5.41, 5.74) is 7.30. The number of allylic oxidation sites excluding steroid dienone is 6. The first-order valence-corrected chi connectivity index (χ1v) is 19.5. The van der Waals surface area contributed by atoms with Crippen LogP contribution in [0.5, 0.6) is 0 Å². The van der Waals surface area contributed by atoms with Crippen molar-refractivity contribution in [2.75, 3.05) is 0 Å². The fourth-order valence-corrected chi connectivity index (χ4v) is 8.00. The monoisotopic (exact) mass is 894 g/mol. The summed E-state index contributed by atoms with van der Waals surface area (Å²) in [6.07, 6.45) is 8.04. The number of hydrogen-bond donors (Lipinski definition) is 0. The van der Waals surface area contributed by atoms with Gasteiger partial charge in [0.15, 0.2) is 0 Å². The van der Waals surface area contributed by atoms with Crippen LogP contribution >= 0.6 is 0 Å². The first kappa shape index (κ1) is 46.3. The van der Waals surface area contributed by atoms with E-state index >= 15 is 0 Å². The van der Waals surface area contributed by atoms with Gasteiger partial charge in [0.2, 0.25) is 0 Å². The molecule has 0 bridgehead atoms. The van der Waals surface area contributed by atoms with Crippen molar-refractivity contribution in [1.29, 1.82) is 0 Å². The molecule has 298 valence electrons. The predicted molar refractivity (Wildman–Crippen MR) is 212 cm³/mol. The van der Waals surface area contributed by atoms with E-state index in [1.165, 1.54) is 73.6 Å². The van der Waals surface area contributed by atoms with Gasteiger partial charge in [-0.25, -0.2) is 6.08 Å². The van der Waals surface area contributed by atoms with Crippen LogP contribution in [0.3, 0.4) is 0 Å². The first-order chi connectivity index (χ1) is 25.4. The molecule has 3 aliphatic carbocycles. The summed E-state index contributed by atoms with van der Waals surface area (Å²) >= 11 is 0.898. The average Bonchev–Trinajstić information content (AvgIpc) is 3.86. The maximum atomic E-state index is 12.5. The standard InChI is InChI=1S/C23H21.C15H8F6.C10H15.2ClH.Zr/c1-22(2)7-5-14-10-18-16(12-20(14)22)9-17-13-21-15(11-19(17)18)6-8-23(21,3)4;16-14(17,18)12-5-1-10(2-6-12)9-11-3-7-13(8-4-11)15(19,20)21;1-8-5-6-9(7-8)10(2,3)4;;;/h5-13H,1-4H3;1-8H;6-8H,1-4H3;2*1H;/q-1;;-1;;;+2/p-2. The Morgan fingerprint density at radius 1 is 0.649 bits per heavy atom. The van der Waals surface area contributed by atoms with Crippen molar-refractivity contribution in [2.24, 2.45) is 11.3 Å². The quantitative estimate of drug-likeness (QED) is 0.124. The number of benzene rings is 4. The number of alkyl halides is 6. The molecule has 0 amide bonds. The van der Waals surface area contributed by atoms with Crippen LogP contribution in [-0.2, 0) is 47.4 Å². The van der Waals surface area contributed by atoms with Gasteiger partial charge in [-0.3, -0.25) is 6.08 Å². The van der Waals surface area contributed by atoms with Gasteiger partial charge in [0.05, 0.1) is 0 Å². The Balaban J connectivity index is 0.000000200. The van der Waals surface area contributed by atoms with Crippen LogP contribution in [0.25, 0.3) is 33.7 Å². The Morgan fingerprint density at radius 3 is 1.33 bits per heavy atom. The zero-order valence-electron chi connectivity index (χ0n) is 33.1. The van der Waals surface area contributed by atoms with Crippen molar-refractivity contribution in [2.45, 2.75) is 78.6 Å². The molecular weight excluding hydrogens is 853 g/mol. The fourth-order valence-electron chi connectivity index (χ4n) is 7.18. The average molecular weight is 897 g/mol. The molecule has 5 aromatic carbocycles. The van der Waals surface area contributed by atoms with E-state index < -0.39 is 23.5 Å². The number of fused-ring (bicyclic) bond motifs is 5. The molecule has 0 saturated carbocycles. The van der Waals surface area contributed by atoms with Gasteiger partial charge in [-0.15, -0.1) is 39.7 Å². The smallest absolute Gasteiger partial charge is 1.00 e. The fraction of sp³-hybridized carbons (Fsp3) is 0.292. The molecule has 5 aromatic rings. The SMILES string of the molecule is CC1(C)C=Cc2cc3c(cc21)[cH-]c1cc2c(cc13)C=CC2(C)C.CC1[C-]=CC(C(C)(C)C)=C1.FC(F)(F)c1ccc([C](=[Zr+2])c2ccc(C(F)(F)F)cc2)cc1.[Cl-].[Cl-]. The summed E-state index contributed by atoms with van der Waals surface area (Å²) in [7, 11) is 0. The van der Waals surface area contributed by atoms with Crippen LogP contribution in [0.15, 0.2) is 109 Å². The van der Waals surface area contributed by atoms with Crippen LogP contribution in [0.2, 0.25) is 0 Å². The van der Waals surface area contributed by atoms with E-state index in [-0.39, 0.29) is 35.6 Å². The topological polar surface area (TPSA) is 0 Å². The summed E-state index contributed by atoms with van der Waals surface area (Å²) in [5, 5.41) is 5.53. The van der Waals surface area contributed by atoms with Crippen molar-refractivity contribution < 1.29 is 75.4 Å². The third-order valence-electron chi connectivity index (χ3n) is 10.6. The molecule has 0 heterocycles. The van der Waals surface area contributed by atoms with Crippen molar-refractivity contribution in [1.82, 2.24) is 0 Å². The van der Waals surface area contributed by atoms with Crippen LogP contribution in [0.4, 0.5) is 26.3 Å². The van der Waals surface area contributed by atoms with E-state index in [4.69, 9.17) is 0 Å². The van der Waals surface area contributed by atoms with Gasteiger partial charge in [0.1, 0.15) is 0 Å². The molecule has 9 heteroatoms. The van der Waals surface area contributed by atoms with E-state index in [0.29, 0.717) is 25.7 Å². The Kier molecular flexibility index (Phi) is 13.6. The number of hydrogen-bond acceptors (Lipinski definition) is 0. The number of rotatable bonds is 2. The van der Waals surface area contributed by atoms with Crippen LogP contribution in [-0.4, -0.2) is 3.21 Å². The van der Waals surface area contributed by atoms with Crippen molar-refractivity contribution in [3.05, 3.63) is 159 Å². The minimum absolute atomic E-state index is 0. The van der Waals surface area contributed by atoms with Crippen LogP contribution in [0, 0.1) is 17.4 Å². The number of halogens is 8. The Labute approximate surface area is 359 Å². The van der Waals surface area contributed by atoms with Crippen molar-refractivity contribution in [3.8, 4) is 0 Å². The molecule has 1 atom stereocenters. The van der Waals surface area contributed by atoms with E-state index in [1.54, 1.807) is 0 Å². The predicted octanol–water partition coefficient (Wildman–Crippen LogP) is 8.14. The van der Waals surface area contributed by atoms with Crippen molar-refractivity contribution in [3.63, 3.8) is 0 Å². The minimum atomic E-state index is -4.41. The summed E-state index contributed by atoms with van der Waals surface area (Å²) in [6.45, 7) is 18.0. The zero-order chi connectivity index (χ0) is 40.3. The second kappa shape index (κ2) is 16.7. The van der Waals surface area contributed by atoms with Crippen LogP contribution in [0.1, 0.15) is 99.9 Å². The molecule has 0 aromatic heterocycles. The molecule has 0 saturated heterocycles. The Bertz CT molecular complexity index is 2250. The zero-order valence-corrected chi connectivity index (χ0v) is 37.0.